The average Bonchev–Trinajstić information content (AvgIpc) is 3.37. The quantitative estimate of drug-likeness (QED) is 0.654. The van der Waals surface area contributed by atoms with Crippen molar-refractivity contribution in [3.63, 3.8) is 0 Å². The number of aromatic amines is 1. The van der Waals surface area contributed by atoms with Crippen LogP contribution in [-0.4, -0.2) is 26.0 Å². The van der Waals surface area contributed by atoms with Crippen LogP contribution in [0, 0.1) is 5.41 Å². The number of hydrogen-bond acceptors (Lipinski definition) is 3. The van der Waals surface area contributed by atoms with E-state index in [2.05, 4.69) is 21.9 Å². The second kappa shape index (κ2) is 5.74. The highest BCUT2D eigenvalue weighted by Crippen LogP contribution is 2.49. The molecular weight excluding hydrogens is 286 g/mol. The van der Waals surface area contributed by atoms with Gasteiger partial charge in [0.05, 0.1) is 4.90 Å². The Hall–Kier alpha value is -0.850. The summed E-state index contributed by atoms with van der Waals surface area (Å²) in [5.41, 5.74) is 1.16. The van der Waals surface area contributed by atoms with Gasteiger partial charge >= 0.3 is 0 Å². The first-order valence-corrected chi connectivity index (χ1v) is 9.42. The summed E-state index contributed by atoms with van der Waals surface area (Å²) in [6.07, 6.45) is 8.56. The van der Waals surface area contributed by atoms with Crippen LogP contribution in [0.4, 0.5) is 0 Å². The summed E-state index contributed by atoms with van der Waals surface area (Å²) in [6.45, 7) is 3.43. The van der Waals surface area contributed by atoms with Gasteiger partial charge in [-0.1, -0.05) is 13.3 Å². The van der Waals surface area contributed by atoms with Gasteiger partial charge in [-0.25, -0.2) is 13.1 Å². The Kier molecular flexibility index (Phi) is 4.12. The van der Waals surface area contributed by atoms with Gasteiger partial charge in [0.1, 0.15) is 0 Å². The molecule has 6 heteroatoms. The Morgan fingerprint density at radius 1 is 1.38 bits per heavy atom. The van der Waals surface area contributed by atoms with Gasteiger partial charge in [0.15, 0.2) is 0 Å². The van der Waals surface area contributed by atoms with Gasteiger partial charge in [0.2, 0.25) is 10.0 Å². The van der Waals surface area contributed by atoms with E-state index >= 15 is 0 Å². The van der Waals surface area contributed by atoms with Gasteiger partial charge in [-0.15, -0.1) is 0 Å². The largest absolute Gasteiger partial charge is 0.363 e. The van der Waals surface area contributed by atoms with Crippen molar-refractivity contribution < 1.29 is 8.42 Å². The monoisotopic (exact) mass is 311 g/mol. The van der Waals surface area contributed by atoms with Gasteiger partial charge in [-0.3, -0.25) is 0 Å². The summed E-state index contributed by atoms with van der Waals surface area (Å²) in [4.78, 5) is 3.40. The lowest BCUT2D eigenvalue weighted by Gasteiger charge is -2.14. The first-order chi connectivity index (χ1) is 10.0. The minimum atomic E-state index is -3.38. The van der Waals surface area contributed by atoms with Crippen molar-refractivity contribution >= 4 is 10.0 Å². The summed E-state index contributed by atoms with van der Waals surface area (Å²) in [7, 11) is -3.38. The number of H-pyrrole nitrogens is 1. The van der Waals surface area contributed by atoms with Crippen molar-refractivity contribution in [3.05, 3.63) is 18.0 Å². The van der Waals surface area contributed by atoms with Crippen molar-refractivity contribution in [2.24, 2.45) is 5.41 Å². The lowest BCUT2D eigenvalue weighted by atomic mass is 10.0. The highest BCUT2D eigenvalue weighted by Gasteiger charge is 2.42. The smallest absolute Gasteiger partial charge is 0.242 e. The number of sulfonamides is 1. The minimum absolute atomic E-state index is 0.231. The van der Waals surface area contributed by atoms with Crippen LogP contribution in [-0.2, 0) is 16.6 Å². The molecule has 118 valence electrons. The lowest BCUT2D eigenvalue weighted by molar-refractivity contribution is 0.449. The third kappa shape index (κ3) is 3.87. The third-order valence-electron chi connectivity index (χ3n) is 4.56. The van der Waals surface area contributed by atoms with Gasteiger partial charge in [0, 0.05) is 31.0 Å². The maximum Gasteiger partial charge on any atom is 0.242 e. The van der Waals surface area contributed by atoms with E-state index in [0.717, 1.165) is 31.4 Å². The van der Waals surface area contributed by atoms with Crippen LogP contribution in [0.15, 0.2) is 17.2 Å². The highest BCUT2D eigenvalue weighted by atomic mass is 32.2. The molecule has 0 bridgehead atoms. The van der Waals surface area contributed by atoms with Crippen LogP contribution in [0.5, 0.6) is 0 Å². The van der Waals surface area contributed by atoms with Gasteiger partial charge in [-0.2, -0.15) is 0 Å². The highest BCUT2D eigenvalue weighted by molar-refractivity contribution is 7.89. The van der Waals surface area contributed by atoms with E-state index in [-0.39, 0.29) is 5.41 Å². The van der Waals surface area contributed by atoms with E-state index in [1.807, 2.05) is 0 Å². The van der Waals surface area contributed by atoms with Crippen molar-refractivity contribution in [1.82, 2.24) is 15.0 Å². The second-order valence-corrected chi connectivity index (χ2v) is 8.36. The predicted molar refractivity (Wildman–Crippen MR) is 82.4 cm³/mol. The first-order valence-electron chi connectivity index (χ1n) is 7.93. The molecule has 0 saturated heterocycles. The molecule has 0 spiro atoms. The maximum atomic E-state index is 12.3. The summed E-state index contributed by atoms with van der Waals surface area (Å²) in [6, 6.07) is 2.35. The SMILES string of the molecule is CCCC1(CNS(=O)(=O)c2c[nH]c(CNC3CC3)c2)CC1. The van der Waals surface area contributed by atoms with E-state index in [4.69, 9.17) is 0 Å². The van der Waals surface area contributed by atoms with Gasteiger partial charge in [0.25, 0.3) is 0 Å². The third-order valence-corrected chi connectivity index (χ3v) is 5.94. The van der Waals surface area contributed by atoms with Crippen LogP contribution in [0.25, 0.3) is 0 Å². The normalized spacial score (nSPS) is 20.6. The molecule has 2 aliphatic rings. The molecule has 2 saturated carbocycles. The molecule has 5 nitrogen and oxygen atoms in total. The van der Waals surface area contributed by atoms with Crippen LogP contribution < -0.4 is 10.0 Å². The fourth-order valence-corrected chi connectivity index (χ4v) is 3.95. The van der Waals surface area contributed by atoms with Gasteiger partial charge in [-0.05, 0) is 43.6 Å². The molecule has 0 aromatic carbocycles. The summed E-state index contributed by atoms with van der Waals surface area (Å²) < 4.78 is 27.4. The minimum Gasteiger partial charge on any atom is -0.363 e. The molecule has 2 aliphatic carbocycles. The molecule has 0 atom stereocenters. The number of aromatic nitrogens is 1. The number of nitrogens with one attached hydrogen (secondary N) is 3. The molecule has 0 radical (unpaired) electrons. The molecule has 0 amide bonds. The Morgan fingerprint density at radius 2 is 2.14 bits per heavy atom. The topological polar surface area (TPSA) is 74.0 Å². The van der Waals surface area contributed by atoms with E-state index in [1.165, 1.54) is 12.8 Å². The van der Waals surface area contributed by atoms with E-state index < -0.39 is 10.0 Å². The Bertz CT molecular complexity index is 586. The standard InChI is InChI=1S/C15H25N3O2S/c1-2-5-15(6-7-15)11-18-21(19,20)14-8-13(17-10-14)9-16-12-3-4-12/h8,10,12,16-18H,2-7,9,11H2,1H3. The summed E-state index contributed by atoms with van der Waals surface area (Å²) in [5, 5.41) is 3.37. The Labute approximate surface area is 127 Å². The molecule has 1 heterocycles. The summed E-state index contributed by atoms with van der Waals surface area (Å²) in [5.74, 6) is 0. The lowest BCUT2D eigenvalue weighted by Crippen LogP contribution is -2.30. The van der Waals surface area contributed by atoms with Crippen molar-refractivity contribution in [1.29, 1.82) is 0 Å². The fourth-order valence-electron chi connectivity index (χ4n) is 2.77. The maximum absolute atomic E-state index is 12.3. The van der Waals surface area contributed by atoms with E-state index in [1.54, 1.807) is 12.3 Å². The Morgan fingerprint density at radius 3 is 2.76 bits per heavy atom. The predicted octanol–water partition coefficient (Wildman–Crippen LogP) is 2.13. The van der Waals surface area contributed by atoms with Crippen molar-refractivity contribution in [2.75, 3.05) is 6.54 Å². The van der Waals surface area contributed by atoms with E-state index in [9.17, 15) is 8.42 Å². The fraction of sp³-hybridized carbons (Fsp3) is 0.733. The zero-order valence-corrected chi connectivity index (χ0v) is 13.4. The van der Waals surface area contributed by atoms with Crippen LogP contribution >= 0.6 is 0 Å². The van der Waals surface area contributed by atoms with Gasteiger partial charge < -0.3 is 10.3 Å². The molecule has 0 aliphatic heterocycles. The second-order valence-electron chi connectivity index (χ2n) is 6.59. The van der Waals surface area contributed by atoms with Crippen LogP contribution in [0.2, 0.25) is 0 Å². The zero-order valence-electron chi connectivity index (χ0n) is 12.6. The van der Waals surface area contributed by atoms with Crippen LogP contribution in [0.3, 0.4) is 0 Å². The van der Waals surface area contributed by atoms with Crippen LogP contribution in [0.1, 0.15) is 51.1 Å². The Balaban J connectivity index is 1.56. The summed E-state index contributed by atoms with van der Waals surface area (Å²) >= 11 is 0. The molecule has 3 rings (SSSR count). The number of hydrogen-bond donors (Lipinski definition) is 3. The van der Waals surface area contributed by atoms with E-state index in [0.29, 0.717) is 24.0 Å². The molecule has 1 aromatic rings. The average molecular weight is 311 g/mol. The molecular formula is C15H25N3O2S. The zero-order chi connectivity index (χ0) is 14.9. The first kappa shape index (κ1) is 15.1. The molecule has 1 aromatic heterocycles. The molecule has 3 N–H and O–H groups in total. The molecule has 2 fully saturated rings. The molecule has 21 heavy (non-hydrogen) atoms. The molecule has 0 unspecified atom stereocenters. The van der Waals surface area contributed by atoms with Crippen molar-refractivity contribution in [2.45, 2.75) is 62.9 Å². The van der Waals surface area contributed by atoms with Crippen molar-refractivity contribution in [3.8, 4) is 0 Å². The number of rotatable bonds is 9.